The van der Waals surface area contributed by atoms with Gasteiger partial charge in [0.05, 0.1) is 6.04 Å². The number of benzene rings is 1. The zero-order chi connectivity index (χ0) is 14.3. The molecule has 0 heterocycles. The molecule has 114 valence electrons. The highest BCUT2D eigenvalue weighted by Gasteiger charge is 2.18. The minimum atomic E-state index is 0.532. The van der Waals surface area contributed by atoms with E-state index in [0.29, 0.717) is 12.1 Å². The van der Waals surface area contributed by atoms with Crippen molar-refractivity contribution in [3.63, 3.8) is 0 Å². The summed E-state index contributed by atoms with van der Waals surface area (Å²) in [5.41, 5.74) is 1.26. The highest BCUT2D eigenvalue weighted by atomic mass is 15.0. The first kappa shape index (κ1) is 14.6. The van der Waals surface area contributed by atoms with E-state index in [1.165, 1.54) is 69.8 Å². The van der Waals surface area contributed by atoms with Crippen LogP contribution < -0.4 is 5.32 Å². The molecule has 1 N–H and O–H groups in total. The van der Waals surface area contributed by atoms with Crippen molar-refractivity contribution < 1.29 is 0 Å². The van der Waals surface area contributed by atoms with Crippen LogP contribution in [-0.2, 0) is 0 Å². The van der Waals surface area contributed by atoms with E-state index in [2.05, 4.69) is 35.6 Å². The molecule has 21 heavy (non-hydrogen) atoms. The average Bonchev–Trinajstić information content (AvgIpc) is 2.57. The Balaban J connectivity index is 1.74. The van der Waals surface area contributed by atoms with E-state index in [-0.39, 0.29) is 0 Å². The molecule has 0 bridgehead atoms. The minimum Gasteiger partial charge on any atom is -0.367 e. The number of nitrogens with one attached hydrogen (secondary N) is 1. The van der Waals surface area contributed by atoms with Crippen LogP contribution in [0.3, 0.4) is 0 Å². The first-order valence-electron chi connectivity index (χ1n) is 8.81. The quantitative estimate of drug-likeness (QED) is 0.632. The van der Waals surface area contributed by atoms with E-state index >= 15 is 0 Å². The summed E-state index contributed by atoms with van der Waals surface area (Å²) in [4.78, 5) is 5.11. The number of hydrogen-bond donors (Lipinski definition) is 1. The van der Waals surface area contributed by atoms with Crippen LogP contribution in [0.2, 0.25) is 0 Å². The fourth-order valence-electron chi connectivity index (χ4n) is 3.62. The molecule has 2 fully saturated rings. The second kappa shape index (κ2) is 7.63. The lowest BCUT2D eigenvalue weighted by atomic mass is 9.94. The molecule has 0 spiro atoms. The van der Waals surface area contributed by atoms with Gasteiger partial charge in [-0.05, 0) is 25.7 Å². The fraction of sp³-hybridized carbons (Fsp3) is 0.632. The molecule has 2 aliphatic carbocycles. The van der Waals surface area contributed by atoms with Gasteiger partial charge in [0.25, 0.3) is 0 Å². The normalized spacial score (nSPS) is 22.2. The molecule has 1 aromatic rings. The third kappa shape index (κ3) is 4.33. The highest BCUT2D eigenvalue weighted by molar-refractivity contribution is 5.99. The molecular weight excluding hydrogens is 256 g/mol. The second-order valence-electron chi connectivity index (χ2n) is 6.61. The smallest absolute Gasteiger partial charge is 0.128 e. The predicted molar refractivity (Wildman–Crippen MR) is 89.9 cm³/mol. The number of rotatable bonds is 3. The van der Waals surface area contributed by atoms with Crippen molar-refractivity contribution in [1.82, 2.24) is 5.32 Å². The van der Waals surface area contributed by atoms with Gasteiger partial charge in [0, 0.05) is 11.6 Å². The summed E-state index contributed by atoms with van der Waals surface area (Å²) in [5, 5.41) is 3.77. The van der Waals surface area contributed by atoms with Crippen molar-refractivity contribution in [2.75, 3.05) is 0 Å². The summed E-state index contributed by atoms with van der Waals surface area (Å²) in [6, 6.07) is 11.9. The van der Waals surface area contributed by atoms with Crippen molar-refractivity contribution in [3.8, 4) is 0 Å². The van der Waals surface area contributed by atoms with Crippen molar-refractivity contribution in [1.29, 1.82) is 0 Å². The van der Waals surface area contributed by atoms with E-state index in [1.54, 1.807) is 0 Å². The molecule has 0 radical (unpaired) electrons. The summed E-state index contributed by atoms with van der Waals surface area (Å²) in [5.74, 6) is 1.15. The first-order valence-corrected chi connectivity index (χ1v) is 8.81. The van der Waals surface area contributed by atoms with E-state index in [0.717, 1.165) is 5.84 Å². The molecule has 2 aliphatic rings. The maximum Gasteiger partial charge on any atom is 0.128 e. The first-order chi connectivity index (χ1) is 10.4. The lowest BCUT2D eigenvalue weighted by molar-refractivity contribution is 0.409. The van der Waals surface area contributed by atoms with Gasteiger partial charge in [-0.1, -0.05) is 68.9 Å². The summed E-state index contributed by atoms with van der Waals surface area (Å²) in [6.45, 7) is 0. The van der Waals surface area contributed by atoms with E-state index in [9.17, 15) is 0 Å². The summed E-state index contributed by atoms with van der Waals surface area (Å²) < 4.78 is 0. The summed E-state index contributed by atoms with van der Waals surface area (Å²) in [7, 11) is 0. The van der Waals surface area contributed by atoms with E-state index < -0.39 is 0 Å². The monoisotopic (exact) mass is 284 g/mol. The standard InChI is InChI=1S/C19H28N2/c1-4-10-16(11-5-1)19(20-17-12-6-2-7-13-17)21-18-14-8-3-9-15-18/h1,4-5,10-11,17-18H,2-3,6-9,12-15H2,(H,20,21). The molecule has 0 saturated heterocycles. The van der Waals surface area contributed by atoms with Crippen LogP contribution in [-0.4, -0.2) is 17.9 Å². The van der Waals surface area contributed by atoms with Crippen LogP contribution in [0.5, 0.6) is 0 Å². The molecule has 2 heteroatoms. The van der Waals surface area contributed by atoms with Gasteiger partial charge in [-0.2, -0.15) is 0 Å². The van der Waals surface area contributed by atoms with Gasteiger partial charge in [0.2, 0.25) is 0 Å². The van der Waals surface area contributed by atoms with Gasteiger partial charge in [-0.15, -0.1) is 0 Å². The third-order valence-electron chi connectivity index (χ3n) is 4.88. The Kier molecular flexibility index (Phi) is 5.31. The third-order valence-corrected chi connectivity index (χ3v) is 4.88. The molecule has 0 unspecified atom stereocenters. The summed E-state index contributed by atoms with van der Waals surface area (Å²) in [6.07, 6.45) is 13.4. The van der Waals surface area contributed by atoms with Gasteiger partial charge in [0.15, 0.2) is 0 Å². The number of hydrogen-bond acceptors (Lipinski definition) is 1. The van der Waals surface area contributed by atoms with Crippen molar-refractivity contribution in [2.24, 2.45) is 4.99 Å². The predicted octanol–water partition coefficient (Wildman–Crippen LogP) is 4.69. The van der Waals surface area contributed by atoms with Crippen molar-refractivity contribution >= 4 is 5.84 Å². The van der Waals surface area contributed by atoms with Crippen LogP contribution in [0.15, 0.2) is 35.3 Å². The fourth-order valence-corrected chi connectivity index (χ4v) is 3.62. The maximum absolute atomic E-state index is 5.11. The largest absolute Gasteiger partial charge is 0.367 e. The number of aliphatic imine (C=N–C) groups is 1. The molecule has 0 atom stereocenters. The molecule has 2 saturated carbocycles. The van der Waals surface area contributed by atoms with Gasteiger partial charge in [-0.3, -0.25) is 4.99 Å². The number of nitrogens with zero attached hydrogens (tertiary/aromatic N) is 1. The zero-order valence-electron chi connectivity index (χ0n) is 13.1. The molecule has 0 aromatic heterocycles. The van der Waals surface area contributed by atoms with Crippen molar-refractivity contribution in [2.45, 2.75) is 76.3 Å². The van der Waals surface area contributed by atoms with Crippen LogP contribution in [0.4, 0.5) is 0 Å². The van der Waals surface area contributed by atoms with E-state index in [4.69, 9.17) is 4.99 Å². The lowest BCUT2D eigenvalue weighted by Gasteiger charge is -2.26. The van der Waals surface area contributed by atoms with Crippen LogP contribution >= 0.6 is 0 Å². The molecular formula is C19H28N2. The Morgan fingerprint density at radius 2 is 1.43 bits per heavy atom. The Morgan fingerprint density at radius 3 is 2.10 bits per heavy atom. The second-order valence-corrected chi connectivity index (χ2v) is 6.61. The Bertz CT molecular complexity index is 440. The molecule has 0 aliphatic heterocycles. The van der Waals surface area contributed by atoms with Crippen LogP contribution in [0.25, 0.3) is 0 Å². The molecule has 3 rings (SSSR count). The lowest BCUT2D eigenvalue weighted by Crippen LogP contribution is -2.37. The van der Waals surface area contributed by atoms with Gasteiger partial charge in [0.1, 0.15) is 5.84 Å². The van der Waals surface area contributed by atoms with Gasteiger partial charge >= 0.3 is 0 Å². The molecule has 0 amide bonds. The SMILES string of the molecule is c1ccc(/C(=N\C2CCCCC2)NC2CCCCC2)cc1. The Morgan fingerprint density at radius 1 is 0.810 bits per heavy atom. The van der Waals surface area contributed by atoms with Gasteiger partial charge in [-0.25, -0.2) is 0 Å². The highest BCUT2D eigenvalue weighted by Crippen LogP contribution is 2.22. The molecule has 2 nitrogen and oxygen atoms in total. The maximum atomic E-state index is 5.11. The number of amidine groups is 1. The zero-order valence-corrected chi connectivity index (χ0v) is 13.1. The Hall–Kier alpha value is -1.31. The van der Waals surface area contributed by atoms with Crippen molar-refractivity contribution in [3.05, 3.63) is 35.9 Å². The van der Waals surface area contributed by atoms with Crippen LogP contribution in [0.1, 0.15) is 69.8 Å². The van der Waals surface area contributed by atoms with Gasteiger partial charge < -0.3 is 5.32 Å². The average molecular weight is 284 g/mol. The van der Waals surface area contributed by atoms with Crippen LogP contribution in [0, 0.1) is 0 Å². The Labute approximate surface area is 129 Å². The van der Waals surface area contributed by atoms with E-state index in [1.807, 2.05) is 0 Å². The molecule has 1 aromatic carbocycles. The minimum absolute atomic E-state index is 0.532. The summed E-state index contributed by atoms with van der Waals surface area (Å²) >= 11 is 0. The topological polar surface area (TPSA) is 24.4 Å².